The van der Waals surface area contributed by atoms with Gasteiger partial charge < -0.3 is 15.7 Å². The number of aliphatic hydroxyl groups is 1. The first kappa shape index (κ1) is 14.6. The molecule has 0 unspecified atom stereocenters. The topological polar surface area (TPSA) is 69.8 Å². The number of hydrogen-bond acceptors (Lipinski definition) is 4. The monoisotopic (exact) mass is 275 g/mol. The number of nitrogens with two attached hydrogens (primary N) is 1. The second-order valence-electron chi connectivity index (χ2n) is 4.89. The minimum absolute atomic E-state index is 0.0241. The van der Waals surface area contributed by atoms with E-state index in [2.05, 4.69) is 4.90 Å². The maximum Gasteiger partial charge on any atom is 0.246 e. The van der Waals surface area contributed by atoms with Crippen LogP contribution in [0, 0.1) is 0 Å². The van der Waals surface area contributed by atoms with Crippen LogP contribution in [0.3, 0.4) is 0 Å². The van der Waals surface area contributed by atoms with Gasteiger partial charge in [0.2, 0.25) is 5.91 Å². The van der Waals surface area contributed by atoms with E-state index in [-0.39, 0.29) is 12.5 Å². The van der Waals surface area contributed by atoms with E-state index >= 15 is 0 Å². The van der Waals surface area contributed by atoms with Gasteiger partial charge in [0.05, 0.1) is 6.61 Å². The highest BCUT2D eigenvalue weighted by molar-refractivity contribution is 5.92. The maximum atomic E-state index is 12.1. The molecule has 1 aliphatic rings. The van der Waals surface area contributed by atoms with Crippen LogP contribution in [0.25, 0.3) is 6.08 Å². The van der Waals surface area contributed by atoms with Crippen molar-refractivity contribution in [2.24, 2.45) is 0 Å². The van der Waals surface area contributed by atoms with Crippen molar-refractivity contribution in [1.82, 2.24) is 9.80 Å². The first-order valence-electron chi connectivity index (χ1n) is 6.85. The van der Waals surface area contributed by atoms with E-state index in [0.717, 1.165) is 18.7 Å². The lowest BCUT2D eigenvalue weighted by atomic mass is 10.2. The van der Waals surface area contributed by atoms with Crippen molar-refractivity contribution in [3.63, 3.8) is 0 Å². The largest absolute Gasteiger partial charge is 0.399 e. The van der Waals surface area contributed by atoms with Crippen LogP contribution in [-0.4, -0.2) is 60.1 Å². The number of carbonyl (C=O) groups is 1. The van der Waals surface area contributed by atoms with Gasteiger partial charge in [-0.1, -0.05) is 12.1 Å². The van der Waals surface area contributed by atoms with Crippen molar-refractivity contribution >= 4 is 17.7 Å². The Bertz CT molecular complexity index is 480. The fourth-order valence-electron chi connectivity index (χ4n) is 2.27. The molecule has 0 radical (unpaired) electrons. The molecule has 1 aromatic rings. The Labute approximate surface area is 119 Å². The second-order valence-corrected chi connectivity index (χ2v) is 4.89. The molecule has 1 heterocycles. The first-order chi connectivity index (χ1) is 9.69. The summed E-state index contributed by atoms with van der Waals surface area (Å²) in [5, 5.41) is 8.88. The number of piperazine rings is 1. The molecule has 0 spiro atoms. The van der Waals surface area contributed by atoms with E-state index < -0.39 is 0 Å². The zero-order valence-corrected chi connectivity index (χ0v) is 11.5. The Morgan fingerprint density at radius 1 is 1.30 bits per heavy atom. The van der Waals surface area contributed by atoms with Crippen LogP contribution >= 0.6 is 0 Å². The highest BCUT2D eigenvalue weighted by Crippen LogP contribution is 2.09. The summed E-state index contributed by atoms with van der Waals surface area (Å²) in [5.74, 6) is 0.0241. The lowest BCUT2D eigenvalue weighted by molar-refractivity contribution is -0.127. The van der Waals surface area contributed by atoms with Gasteiger partial charge in [-0.05, 0) is 23.8 Å². The van der Waals surface area contributed by atoms with Crippen molar-refractivity contribution in [3.8, 4) is 0 Å². The Morgan fingerprint density at radius 2 is 2.05 bits per heavy atom. The second kappa shape index (κ2) is 7.07. The third-order valence-electron chi connectivity index (χ3n) is 3.43. The van der Waals surface area contributed by atoms with Gasteiger partial charge in [-0.25, -0.2) is 0 Å². The number of β-amino-alcohol motifs (C(OH)–C–C–N with tert-alkyl or cyclic N) is 1. The SMILES string of the molecule is Nc1cccc(/C=C/C(=O)N2CCN(CCO)CC2)c1. The number of carbonyl (C=O) groups excluding carboxylic acids is 1. The zero-order chi connectivity index (χ0) is 14.4. The summed E-state index contributed by atoms with van der Waals surface area (Å²) in [6, 6.07) is 7.44. The average molecular weight is 275 g/mol. The fraction of sp³-hybridized carbons (Fsp3) is 0.400. The molecule has 20 heavy (non-hydrogen) atoms. The third-order valence-corrected chi connectivity index (χ3v) is 3.43. The smallest absolute Gasteiger partial charge is 0.246 e. The van der Waals surface area contributed by atoms with E-state index in [1.165, 1.54) is 0 Å². The minimum atomic E-state index is 0.0241. The number of nitrogen functional groups attached to an aromatic ring is 1. The Kier molecular flexibility index (Phi) is 5.15. The van der Waals surface area contributed by atoms with Gasteiger partial charge in [0, 0.05) is 44.5 Å². The maximum absolute atomic E-state index is 12.1. The van der Waals surface area contributed by atoms with Crippen LogP contribution in [0.15, 0.2) is 30.3 Å². The number of anilines is 1. The summed E-state index contributed by atoms with van der Waals surface area (Å²) in [4.78, 5) is 16.0. The van der Waals surface area contributed by atoms with E-state index in [0.29, 0.717) is 25.3 Å². The number of rotatable bonds is 4. The van der Waals surface area contributed by atoms with Crippen LogP contribution in [-0.2, 0) is 4.79 Å². The van der Waals surface area contributed by atoms with Gasteiger partial charge >= 0.3 is 0 Å². The molecule has 108 valence electrons. The molecule has 1 amide bonds. The molecule has 0 aliphatic carbocycles. The number of aliphatic hydroxyl groups excluding tert-OH is 1. The van der Waals surface area contributed by atoms with Crippen LogP contribution in [0.4, 0.5) is 5.69 Å². The van der Waals surface area contributed by atoms with Crippen LogP contribution < -0.4 is 5.73 Å². The van der Waals surface area contributed by atoms with E-state index in [1.807, 2.05) is 29.2 Å². The van der Waals surface area contributed by atoms with Crippen molar-refractivity contribution in [2.45, 2.75) is 0 Å². The predicted octanol–water partition coefficient (Wildman–Crippen LogP) is 0.418. The van der Waals surface area contributed by atoms with E-state index in [1.54, 1.807) is 12.2 Å². The van der Waals surface area contributed by atoms with E-state index in [9.17, 15) is 4.79 Å². The van der Waals surface area contributed by atoms with Crippen molar-refractivity contribution in [3.05, 3.63) is 35.9 Å². The number of benzene rings is 1. The molecule has 3 N–H and O–H groups in total. The summed E-state index contributed by atoms with van der Waals surface area (Å²) >= 11 is 0. The molecule has 1 fully saturated rings. The summed E-state index contributed by atoms with van der Waals surface area (Å²) in [5.41, 5.74) is 7.32. The molecular weight excluding hydrogens is 254 g/mol. The van der Waals surface area contributed by atoms with Crippen LogP contribution in [0.5, 0.6) is 0 Å². The lowest BCUT2D eigenvalue weighted by Gasteiger charge is -2.33. The molecule has 1 saturated heterocycles. The molecule has 1 aromatic carbocycles. The predicted molar refractivity (Wildman–Crippen MR) is 80.0 cm³/mol. The van der Waals surface area contributed by atoms with Gasteiger partial charge in [-0.2, -0.15) is 0 Å². The fourth-order valence-corrected chi connectivity index (χ4v) is 2.27. The zero-order valence-electron chi connectivity index (χ0n) is 11.5. The molecule has 0 bridgehead atoms. The third kappa shape index (κ3) is 4.08. The first-order valence-corrected chi connectivity index (χ1v) is 6.85. The number of hydrogen-bond donors (Lipinski definition) is 2. The highest BCUT2D eigenvalue weighted by Gasteiger charge is 2.18. The quantitative estimate of drug-likeness (QED) is 0.617. The average Bonchev–Trinajstić information content (AvgIpc) is 2.46. The molecule has 1 aliphatic heterocycles. The van der Waals surface area contributed by atoms with Crippen molar-refractivity contribution < 1.29 is 9.90 Å². The number of nitrogens with zero attached hydrogens (tertiary/aromatic N) is 2. The van der Waals surface area contributed by atoms with Gasteiger partial charge in [-0.15, -0.1) is 0 Å². The summed E-state index contributed by atoms with van der Waals surface area (Å²) < 4.78 is 0. The van der Waals surface area contributed by atoms with Gasteiger partial charge in [0.15, 0.2) is 0 Å². The van der Waals surface area contributed by atoms with Gasteiger partial charge in [0.1, 0.15) is 0 Å². The highest BCUT2D eigenvalue weighted by atomic mass is 16.3. The lowest BCUT2D eigenvalue weighted by Crippen LogP contribution is -2.48. The summed E-state index contributed by atoms with van der Waals surface area (Å²) in [7, 11) is 0. The molecule has 2 rings (SSSR count). The van der Waals surface area contributed by atoms with Crippen LogP contribution in [0.1, 0.15) is 5.56 Å². The number of amides is 1. The normalized spacial score (nSPS) is 16.8. The van der Waals surface area contributed by atoms with E-state index in [4.69, 9.17) is 10.8 Å². The Morgan fingerprint density at radius 3 is 2.70 bits per heavy atom. The van der Waals surface area contributed by atoms with Crippen molar-refractivity contribution in [1.29, 1.82) is 0 Å². The molecule has 5 heteroatoms. The Hall–Kier alpha value is -1.85. The summed E-state index contributed by atoms with van der Waals surface area (Å²) in [6.07, 6.45) is 3.38. The minimum Gasteiger partial charge on any atom is -0.399 e. The molecule has 0 atom stereocenters. The molecule has 0 aromatic heterocycles. The molecule has 5 nitrogen and oxygen atoms in total. The molecular formula is C15H21N3O2. The van der Waals surface area contributed by atoms with Gasteiger partial charge in [-0.3, -0.25) is 9.69 Å². The van der Waals surface area contributed by atoms with Crippen molar-refractivity contribution in [2.75, 3.05) is 45.1 Å². The standard InChI is InChI=1S/C15H21N3O2/c16-14-3-1-2-13(12-14)4-5-15(20)18-8-6-17(7-9-18)10-11-19/h1-5,12,19H,6-11,16H2/b5-4+. The van der Waals surface area contributed by atoms with Gasteiger partial charge in [0.25, 0.3) is 0 Å². The molecule has 0 saturated carbocycles. The Balaban J connectivity index is 1.86. The van der Waals surface area contributed by atoms with Crippen LogP contribution in [0.2, 0.25) is 0 Å². The summed E-state index contributed by atoms with van der Waals surface area (Å²) in [6.45, 7) is 3.90.